The number of ether oxygens (including phenoxy) is 2. The lowest BCUT2D eigenvalue weighted by Gasteiger charge is -2.37. The predicted octanol–water partition coefficient (Wildman–Crippen LogP) is 3.09. The number of carbonyl (C=O) groups excluding carboxylic acids is 4. The molecule has 14 nitrogen and oxygen atoms in total. The first kappa shape index (κ1) is 36.9. The third kappa shape index (κ3) is 7.81. The topological polar surface area (TPSA) is 191 Å². The minimum atomic E-state index is -1.53. The van der Waals surface area contributed by atoms with Crippen LogP contribution in [-0.2, 0) is 34.3 Å². The standard InChI is InChI=1S/C39H51N7O7/c1-38(2,51)33-20-41-44-46(33)30-19-32(36(49)43-39(34(47)35(40)48)12-14-52-15-13-39)45(21-30)37(50)31(16-24-6-4-3-5-7-24)42-29-11-10-25-17-26(28-22-53-23-28)8-9-27(25)18-29/h8-11,17-18,20,24,28,30-32,42,51H,3-7,12-16,19,21-23H2,1-2H3,(H2,40,48)(H,43,49)/t30-,31+,32-/m0/s1. The number of ketones is 1. The number of nitrogens with two attached hydrogens (primary N) is 1. The van der Waals surface area contributed by atoms with Crippen molar-refractivity contribution >= 4 is 40.0 Å². The number of nitrogens with one attached hydrogen (secondary N) is 2. The molecule has 1 aliphatic carbocycles. The van der Waals surface area contributed by atoms with E-state index >= 15 is 0 Å². The number of Topliss-reactive ketones (excluding diaryl/α,β-unsaturated/α-hetero) is 1. The van der Waals surface area contributed by atoms with E-state index in [1.807, 2.05) is 6.07 Å². The fourth-order valence-electron chi connectivity index (χ4n) is 8.53. The summed E-state index contributed by atoms with van der Waals surface area (Å²) < 4.78 is 12.4. The van der Waals surface area contributed by atoms with Crippen LogP contribution in [0.5, 0.6) is 0 Å². The number of primary amides is 1. The first-order valence-electron chi connectivity index (χ1n) is 19.0. The average Bonchev–Trinajstić information content (AvgIpc) is 3.80. The molecule has 1 saturated carbocycles. The molecule has 0 spiro atoms. The quantitative estimate of drug-likeness (QED) is 0.202. The monoisotopic (exact) mass is 729 g/mol. The van der Waals surface area contributed by atoms with Gasteiger partial charge >= 0.3 is 0 Å². The molecule has 53 heavy (non-hydrogen) atoms. The molecule has 3 aromatic rings. The summed E-state index contributed by atoms with van der Waals surface area (Å²) in [7, 11) is 0. The van der Waals surface area contributed by atoms with Gasteiger partial charge in [-0.1, -0.05) is 61.6 Å². The van der Waals surface area contributed by atoms with Gasteiger partial charge in [-0.15, -0.1) is 5.10 Å². The zero-order valence-electron chi connectivity index (χ0n) is 30.6. The Morgan fingerprint density at radius 2 is 1.74 bits per heavy atom. The van der Waals surface area contributed by atoms with E-state index < -0.39 is 46.9 Å². The van der Waals surface area contributed by atoms with Crippen LogP contribution < -0.4 is 16.4 Å². The molecule has 0 radical (unpaired) electrons. The maximum atomic E-state index is 15.0. The van der Waals surface area contributed by atoms with Gasteiger partial charge < -0.3 is 35.8 Å². The van der Waals surface area contributed by atoms with Gasteiger partial charge in [0.2, 0.25) is 17.6 Å². The Hall–Kier alpha value is -4.40. The number of aliphatic hydroxyl groups is 1. The Balaban J connectivity index is 1.20. The summed E-state index contributed by atoms with van der Waals surface area (Å²) in [6.45, 7) is 5.18. The van der Waals surface area contributed by atoms with Crippen molar-refractivity contribution in [1.82, 2.24) is 25.2 Å². The summed E-state index contributed by atoms with van der Waals surface area (Å²) in [5.74, 6) is -2.08. The van der Waals surface area contributed by atoms with E-state index in [2.05, 4.69) is 51.3 Å². The smallest absolute Gasteiger partial charge is 0.287 e. The predicted molar refractivity (Wildman–Crippen MR) is 196 cm³/mol. The Kier molecular flexibility index (Phi) is 10.6. The number of carbonyl (C=O) groups is 4. The number of likely N-dealkylation sites (tertiary alicyclic amines) is 1. The van der Waals surface area contributed by atoms with Crippen LogP contribution in [0, 0.1) is 5.92 Å². The van der Waals surface area contributed by atoms with Gasteiger partial charge in [-0.3, -0.25) is 19.2 Å². The van der Waals surface area contributed by atoms with Crippen LogP contribution in [0.1, 0.15) is 94.9 Å². The normalized spacial score (nSPS) is 23.0. The van der Waals surface area contributed by atoms with E-state index in [0.29, 0.717) is 24.0 Å². The van der Waals surface area contributed by atoms with Gasteiger partial charge in [-0.25, -0.2) is 4.68 Å². The molecule has 3 amide bonds. The molecule has 284 valence electrons. The van der Waals surface area contributed by atoms with Crippen molar-refractivity contribution in [3.05, 3.63) is 53.9 Å². The fourth-order valence-corrected chi connectivity index (χ4v) is 8.53. The molecule has 7 rings (SSSR count). The van der Waals surface area contributed by atoms with Crippen LogP contribution >= 0.6 is 0 Å². The molecule has 4 fully saturated rings. The van der Waals surface area contributed by atoms with Gasteiger partial charge in [0.1, 0.15) is 23.2 Å². The number of aromatic nitrogens is 3. The number of rotatable bonds is 12. The van der Waals surface area contributed by atoms with Crippen LogP contribution in [0.3, 0.4) is 0 Å². The molecule has 2 aromatic carbocycles. The number of benzene rings is 2. The van der Waals surface area contributed by atoms with Gasteiger partial charge in [0, 0.05) is 50.6 Å². The molecule has 1 aromatic heterocycles. The second-order valence-electron chi connectivity index (χ2n) is 15.9. The molecule has 14 heteroatoms. The summed E-state index contributed by atoms with van der Waals surface area (Å²) in [4.78, 5) is 56.3. The second kappa shape index (κ2) is 15.2. The van der Waals surface area contributed by atoms with Crippen molar-refractivity contribution in [2.45, 2.75) is 107 Å². The summed E-state index contributed by atoms with van der Waals surface area (Å²) in [5, 5.41) is 27.9. The highest BCUT2D eigenvalue weighted by Gasteiger charge is 2.49. The van der Waals surface area contributed by atoms with Gasteiger partial charge in [-0.05, 0) is 54.7 Å². The first-order valence-corrected chi connectivity index (χ1v) is 19.0. The van der Waals surface area contributed by atoms with E-state index in [1.54, 1.807) is 23.4 Å². The number of amides is 3. The van der Waals surface area contributed by atoms with E-state index in [-0.39, 0.29) is 44.9 Å². The zero-order valence-corrected chi connectivity index (χ0v) is 30.6. The highest BCUT2D eigenvalue weighted by Crippen LogP contribution is 2.36. The highest BCUT2D eigenvalue weighted by atomic mass is 16.5. The lowest BCUT2D eigenvalue weighted by molar-refractivity contribution is -0.147. The minimum absolute atomic E-state index is 0.0836. The number of hydrogen-bond donors (Lipinski definition) is 4. The number of nitrogens with zero attached hydrogens (tertiary/aromatic N) is 4. The molecule has 3 atom stereocenters. The molecule has 4 aliphatic rings. The van der Waals surface area contributed by atoms with Crippen molar-refractivity contribution in [1.29, 1.82) is 0 Å². The number of hydrogen-bond acceptors (Lipinski definition) is 10. The Morgan fingerprint density at radius 3 is 2.42 bits per heavy atom. The molecule has 3 saturated heterocycles. The van der Waals surface area contributed by atoms with Crippen molar-refractivity contribution in [2.75, 3.05) is 38.3 Å². The van der Waals surface area contributed by atoms with E-state index in [9.17, 15) is 24.3 Å². The molecular formula is C39H51N7O7. The largest absolute Gasteiger partial charge is 0.384 e. The number of anilines is 1. The summed E-state index contributed by atoms with van der Waals surface area (Å²) in [6.07, 6.45) is 7.84. The molecule has 3 aliphatic heterocycles. The lowest BCUT2D eigenvalue weighted by Crippen LogP contribution is -2.63. The highest BCUT2D eigenvalue weighted by molar-refractivity contribution is 6.39. The van der Waals surface area contributed by atoms with Gasteiger partial charge in [-0.2, -0.15) is 0 Å². The molecule has 0 unspecified atom stereocenters. The van der Waals surface area contributed by atoms with Crippen LogP contribution in [0.15, 0.2) is 42.6 Å². The van der Waals surface area contributed by atoms with Crippen molar-refractivity contribution in [3.8, 4) is 0 Å². The maximum Gasteiger partial charge on any atom is 0.287 e. The van der Waals surface area contributed by atoms with Crippen molar-refractivity contribution < 1.29 is 33.8 Å². The Bertz CT molecular complexity index is 1840. The third-order valence-electron chi connectivity index (χ3n) is 11.7. The van der Waals surface area contributed by atoms with E-state index in [4.69, 9.17) is 15.2 Å². The summed E-state index contributed by atoms with van der Waals surface area (Å²) in [5.41, 5.74) is 5.15. The van der Waals surface area contributed by atoms with Crippen LogP contribution in [0.2, 0.25) is 0 Å². The fraction of sp³-hybridized carbons (Fsp3) is 0.590. The molecular weight excluding hydrogens is 678 g/mol. The Morgan fingerprint density at radius 1 is 1.02 bits per heavy atom. The lowest BCUT2D eigenvalue weighted by atomic mass is 9.84. The SMILES string of the molecule is CC(C)(O)c1cnnn1[C@H]1C[C@@H](C(=O)NC2(C(=O)C(N)=O)CCOCC2)N(C(=O)[C@@H](CC2CCCCC2)Nc2ccc3cc(C4COC4)ccc3c2)C1. The zero-order chi connectivity index (χ0) is 37.3. The molecule has 5 N–H and O–H groups in total. The average molecular weight is 730 g/mol. The number of fused-ring (bicyclic) bond motifs is 1. The first-order chi connectivity index (χ1) is 25.4. The summed E-state index contributed by atoms with van der Waals surface area (Å²) in [6, 6.07) is 10.4. The van der Waals surface area contributed by atoms with E-state index in [1.165, 1.54) is 18.2 Å². The van der Waals surface area contributed by atoms with Crippen LogP contribution in [-0.4, -0.2) is 99.1 Å². The van der Waals surface area contributed by atoms with Crippen LogP contribution in [0.4, 0.5) is 5.69 Å². The molecule has 4 heterocycles. The van der Waals surface area contributed by atoms with Gasteiger partial charge in [0.25, 0.3) is 5.91 Å². The van der Waals surface area contributed by atoms with E-state index in [0.717, 1.165) is 55.4 Å². The van der Waals surface area contributed by atoms with Gasteiger partial charge in [0.15, 0.2) is 0 Å². The Labute approximate surface area is 309 Å². The van der Waals surface area contributed by atoms with Crippen molar-refractivity contribution in [3.63, 3.8) is 0 Å². The van der Waals surface area contributed by atoms with Crippen molar-refractivity contribution in [2.24, 2.45) is 11.7 Å². The van der Waals surface area contributed by atoms with Gasteiger partial charge in [0.05, 0.1) is 31.1 Å². The second-order valence-corrected chi connectivity index (χ2v) is 15.9. The minimum Gasteiger partial charge on any atom is -0.384 e. The third-order valence-corrected chi connectivity index (χ3v) is 11.7. The maximum absolute atomic E-state index is 15.0. The summed E-state index contributed by atoms with van der Waals surface area (Å²) >= 11 is 0. The van der Waals surface area contributed by atoms with Crippen LogP contribution in [0.25, 0.3) is 10.8 Å². The molecule has 0 bridgehead atoms.